The molecule has 0 aliphatic heterocycles. The van der Waals surface area contributed by atoms with Crippen molar-refractivity contribution >= 4 is 50.8 Å². The van der Waals surface area contributed by atoms with Crippen LogP contribution in [0.3, 0.4) is 0 Å². The van der Waals surface area contributed by atoms with Crippen molar-refractivity contribution < 1.29 is 14.1 Å². The molecule has 10 heteroatoms. The van der Waals surface area contributed by atoms with Gasteiger partial charge in [-0.1, -0.05) is 30.0 Å². The van der Waals surface area contributed by atoms with Crippen molar-refractivity contribution in [3.8, 4) is 11.5 Å². The van der Waals surface area contributed by atoms with Crippen LogP contribution in [-0.2, 0) is 11.3 Å². The number of hydrogen-bond acceptors (Lipinski definition) is 7. The SMILES string of the molecule is CCn1c2ccccc2c2cc(NC(=O)CSc3nnc(-c4ccc([N+](=O)[O-])cc4)o3)ccc21. The molecule has 1 N–H and O–H groups in total. The molecule has 5 rings (SSSR count). The summed E-state index contributed by atoms with van der Waals surface area (Å²) in [4.78, 5) is 22.8. The van der Waals surface area contributed by atoms with Gasteiger partial charge in [-0.3, -0.25) is 14.9 Å². The first-order valence-electron chi connectivity index (χ1n) is 10.6. The zero-order chi connectivity index (χ0) is 23.7. The van der Waals surface area contributed by atoms with Gasteiger partial charge in [0.1, 0.15) is 0 Å². The van der Waals surface area contributed by atoms with E-state index in [0.717, 1.165) is 34.6 Å². The molecule has 3 aromatic carbocycles. The highest BCUT2D eigenvalue weighted by atomic mass is 32.2. The molecule has 0 unspecified atom stereocenters. The van der Waals surface area contributed by atoms with E-state index in [1.54, 1.807) is 12.1 Å². The summed E-state index contributed by atoms with van der Waals surface area (Å²) in [5, 5.41) is 24.1. The van der Waals surface area contributed by atoms with Gasteiger partial charge >= 0.3 is 0 Å². The van der Waals surface area contributed by atoms with E-state index in [2.05, 4.69) is 39.1 Å². The smallest absolute Gasteiger partial charge is 0.277 e. The maximum absolute atomic E-state index is 12.5. The average Bonchev–Trinajstić information content (AvgIpc) is 3.45. The fourth-order valence-corrected chi connectivity index (χ4v) is 4.47. The normalized spacial score (nSPS) is 11.2. The molecule has 0 saturated carbocycles. The number of nitrogens with zero attached hydrogens (tertiary/aromatic N) is 4. The Morgan fingerprint density at radius 3 is 2.59 bits per heavy atom. The first-order valence-corrected chi connectivity index (χ1v) is 11.5. The van der Waals surface area contributed by atoms with Gasteiger partial charge in [0, 0.05) is 51.7 Å². The Kier molecular flexibility index (Phi) is 5.72. The van der Waals surface area contributed by atoms with Crippen LogP contribution in [0.4, 0.5) is 11.4 Å². The largest absolute Gasteiger partial charge is 0.411 e. The first kappa shape index (κ1) is 21.7. The fourth-order valence-electron chi connectivity index (χ4n) is 3.91. The van der Waals surface area contributed by atoms with Crippen molar-refractivity contribution in [1.82, 2.24) is 14.8 Å². The van der Waals surface area contributed by atoms with Crippen molar-refractivity contribution in [1.29, 1.82) is 0 Å². The molecule has 0 bridgehead atoms. The monoisotopic (exact) mass is 473 g/mol. The number of non-ortho nitro benzene ring substituents is 1. The summed E-state index contributed by atoms with van der Waals surface area (Å²) in [7, 11) is 0. The van der Waals surface area contributed by atoms with Gasteiger partial charge in [-0.2, -0.15) is 0 Å². The Morgan fingerprint density at radius 2 is 1.82 bits per heavy atom. The number of carbonyl (C=O) groups is 1. The van der Waals surface area contributed by atoms with Gasteiger partial charge in [-0.05, 0) is 43.3 Å². The maximum atomic E-state index is 12.5. The summed E-state index contributed by atoms with van der Waals surface area (Å²) in [5.41, 5.74) is 3.55. The Balaban J connectivity index is 1.26. The predicted molar refractivity (Wildman–Crippen MR) is 131 cm³/mol. The molecular formula is C24H19N5O4S. The highest BCUT2D eigenvalue weighted by Crippen LogP contribution is 2.31. The van der Waals surface area contributed by atoms with Crippen molar-refractivity contribution in [3.63, 3.8) is 0 Å². The lowest BCUT2D eigenvalue weighted by Gasteiger charge is -2.06. The molecule has 0 radical (unpaired) electrons. The van der Waals surface area contributed by atoms with E-state index in [1.165, 1.54) is 17.6 Å². The Bertz CT molecular complexity index is 1520. The number of nitro groups is 1. The quantitative estimate of drug-likeness (QED) is 0.188. The topological polar surface area (TPSA) is 116 Å². The minimum absolute atomic E-state index is 0.0213. The highest BCUT2D eigenvalue weighted by molar-refractivity contribution is 7.99. The number of rotatable bonds is 7. The van der Waals surface area contributed by atoms with E-state index >= 15 is 0 Å². The van der Waals surface area contributed by atoms with Gasteiger partial charge in [-0.15, -0.1) is 10.2 Å². The van der Waals surface area contributed by atoms with E-state index in [1.807, 2.05) is 30.3 Å². The minimum atomic E-state index is -0.475. The Labute approximate surface area is 197 Å². The number of benzene rings is 3. The molecule has 170 valence electrons. The van der Waals surface area contributed by atoms with Crippen LogP contribution in [0.1, 0.15) is 6.92 Å². The van der Waals surface area contributed by atoms with Crippen molar-refractivity contribution in [2.24, 2.45) is 0 Å². The van der Waals surface area contributed by atoms with Crippen molar-refractivity contribution in [3.05, 3.63) is 76.8 Å². The average molecular weight is 474 g/mol. The highest BCUT2D eigenvalue weighted by Gasteiger charge is 2.14. The number of nitrogens with one attached hydrogen (secondary N) is 1. The van der Waals surface area contributed by atoms with E-state index in [9.17, 15) is 14.9 Å². The minimum Gasteiger partial charge on any atom is -0.411 e. The number of hydrogen-bond donors (Lipinski definition) is 1. The molecule has 1 amide bonds. The molecular weight excluding hydrogens is 454 g/mol. The summed E-state index contributed by atoms with van der Waals surface area (Å²) in [6.45, 7) is 2.97. The van der Waals surface area contributed by atoms with Gasteiger partial charge in [0.25, 0.3) is 10.9 Å². The standard InChI is InChI=1S/C24H19N5O4S/c1-2-28-20-6-4-3-5-18(20)19-13-16(9-12-21(19)28)25-22(30)14-34-24-27-26-23(33-24)15-7-10-17(11-8-15)29(31)32/h3-13H,2,14H2,1H3,(H,25,30). The summed E-state index contributed by atoms with van der Waals surface area (Å²) in [5.74, 6) is 0.130. The molecule has 0 saturated heterocycles. The Hall–Kier alpha value is -4.18. The summed E-state index contributed by atoms with van der Waals surface area (Å²) < 4.78 is 7.83. The molecule has 34 heavy (non-hydrogen) atoms. The molecule has 0 fully saturated rings. The zero-order valence-electron chi connectivity index (χ0n) is 18.1. The lowest BCUT2D eigenvalue weighted by molar-refractivity contribution is -0.384. The number of aromatic nitrogens is 3. The number of carbonyl (C=O) groups excluding carboxylic acids is 1. The second-order valence-corrected chi connectivity index (χ2v) is 8.43. The molecule has 0 atom stereocenters. The number of nitro benzene ring substituents is 1. The van der Waals surface area contributed by atoms with Crippen LogP contribution in [0.2, 0.25) is 0 Å². The van der Waals surface area contributed by atoms with Gasteiger partial charge < -0.3 is 14.3 Å². The predicted octanol–water partition coefficient (Wildman–Crippen LogP) is 5.50. The van der Waals surface area contributed by atoms with E-state index in [0.29, 0.717) is 11.3 Å². The number of amides is 1. The second kappa shape index (κ2) is 8.99. The van der Waals surface area contributed by atoms with Crippen LogP contribution in [0.25, 0.3) is 33.3 Å². The van der Waals surface area contributed by atoms with E-state index in [4.69, 9.17) is 4.42 Å². The summed E-state index contributed by atoms with van der Waals surface area (Å²) in [6, 6.07) is 20.0. The molecule has 0 aliphatic rings. The molecule has 5 aromatic rings. The second-order valence-electron chi connectivity index (χ2n) is 7.51. The van der Waals surface area contributed by atoms with E-state index in [-0.39, 0.29) is 28.5 Å². The Morgan fingerprint density at radius 1 is 1.06 bits per heavy atom. The van der Waals surface area contributed by atoms with Crippen molar-refractivity contribution in [2.45, 2.75) is 18.7 Å². The van der Waals surface area contributed by atoms with Crippen LogP contribution in [0.5, 0.6) is 0 Å². The first-order chi connectivity index (χ1) is 16.5. The zero-order valence-corrected chi connectivity index (χ0v) is 18.9. The lowest BCUT2D eigenvalue weighted by atomic mass is 10.1. The third-order valence-electron chi connectivity index (χ3n) is 5.43. The van der Waals surface area contributed by atoms with Gasteiger partial charge in [-0.25, -0.2) is 0 Å². The molecule has 0 aliphatic carbocycles. The lowest BCUT2D eigenvalue weighted by Crippen LogP contribution is -2.13. The third kappa shape index (κ3) is 4.11. The van der Waals surface area contributed by atoms with Gasteiger partial charge in [0.05, 0.1) is 10.7 Å². The molecule has 2 heterocycles. The molecule has 9 nitrogen and oxygen atoms in total. The molecule has 0 spiro atoms. The summed E-state index contributed by atoms with van der Waals surface area (Å²) >= 11 is 1.12. The van der Waals surface area contributed by atoms with Crippen LogP contribution in [-0.4, -0.2) is 31.3 Å². The number of thioether (sulfide) groups is 1. The number of anilines is 1. The van der Waals surface area contributed by atoms with Crippen LogP contribution in [0.15, 0.2) is 76.4 Å². The van der Waals surface area contributed by atoms with E-state index < -0.39 is 4.92 Å². The molecule has 2 aromatic heterocycles. The number of fused-ring (bicyclic) bond motifs is 3. The van der Waals surface area contributed by atoms with Gasteiger partial charge in [0.15, 0.2) is 0 Å². The number of para-hydroxylation sites is 1. The number of aryl methyl sites for hydroxylation is 1. The summed E-state index contributed by atoms with van der Waals surface area (Å²) in [6.07, 6.45) is 0. The van der Waals surface area contributed by atoms with Crippen LogP contribution in [0, 0.1) is 10.1 Å². The maximum Gasteiger partial charge on any atom is 0.277 e. The van der Waals surface area contributed by atoms with Crippen LogP contribution >= 0.6 is 11.8 Å². The fraction of sp³-hybridized carbons (Fsp3) is 0.125. The third-order valence-corrected chi connectivity index (χ3v) is 6.25. The van der Waals surface area contributed by atoms with Crippen LogP contribution < -0.4 is 5.32 Å². The van der Waals surface area contributed by atoms with Crippen molar-refractivity contribution in [2.75, 3.05) is 11.1 Å². The van der Waals surface area contributed by atoms with Gasteiger partial charge in [0.2, 0.25) is 11.8 Å².